The minimum atomic E-state index is -0.784. The number of halogens is 1. The van der Waals surface area contributed by atoms with Crippen molar-refractivity contribution >= 4 is 11.2 Å². The number of hydrogen-bond donors (Lipinski definition) is 2. The first-order valence-electron chi connectivity index (χ1n) is 8.33. The van der Waals surface area contributed by atoms with E-state index in [-0.39, 0.29) is 11.7 Å². The van der Waals surface area contributed by atoms with E-state index in [1.807, 2.05) is 4.90 Å². The maximum atomic E-state index is 14.9. The van der Waals surface area contributed by atoms with Gasteiger partial charge in [0.2, 0.25) is 0 Å². The van der Waals surface area contributed by atoms with Crippen molar-refractivity contribution in [2.75, 3.05) is 44.0 Å². The number of ether oxygens (including phenoxy) is 1. The number of rotatable bonds is 3. The molecule has 1 saturated heterocycles. The molecule has 8 nitrogen and oxygen atoms in total. The number of anilines is 1. The minimum Gasteiger partial charge on any atom is -0.492 e. The van der Waals surface area contributed by atoms with Gasteiger partial charge in [0.25, 0.3) is 5.56 Å². The SMILES string of the molecule is COc1c(N2CCNCC2)c(F)cn2c(=O)n(N)c(=O)c(C3CC3)c12. The number of hydrogen-bond acceptors (Lipinski definition) is 6. The van der Waals surface area contributed by atoms with Crippen molar-refractivity contribution in [2.45, 2.75) is 18.8 Å². The topological polar surface area (TPSA) is 94.0 Å². The van der Waals surface area contributed by atoms with Gasteiger partial charge in [-0.3, -0.25) is 9.20 Å². The monoisotopic (exact) mass is 349 g/mol. The first-order valence-corrected chi connectivity index (χ1v) is 8.33. The normalized spacial score (nSPS) is 17.9. The van der Waals surface area contributed by atoms with Crippen molar-refractivity contribution in [3.8, 4) is 5.75 Å². The Morgan fingerprint density at radius 3 is 2.56 bits per heavy atom. The fraction of sp³-hybridized carbons (Fsp3) is 0.500. The molecule has 2 aliphatic rings. The number of fused-ring (bicyclic) bond motifs is 1. The molecule has 25 heavy (non-hydrogen) atoms. The van der Waals surface area contributed by atoms with Gasteiger partial charge in [0.05, 0.1) is 18.9 Å². The quantitative estimate of drug-likeness (QED) is 0.733. The van der Waals surface area contributed by atoms with Gasteiger partial charge in [-0.25, -0.2) is 9.18 Å². The molecular weight excluding hydrogens is 329 g/mol. The van der Waals surface area contributed by atoms with E-state index in [2.05, 4.69) is 5.32 Å². The Morgan fingerprint density at radius 1 is 1.28 bits per heavy atom. The number of nitrogens with zero attached hydrogens (tertiary/aromatic N) is 3. The highest BCUT2D eigenvalue weighted by Crippen LogP contribution is 2.44. The average molecular weight is 349 g/mol. The Labute approximate surface area is 142 Å². The van der Waals surface area contributed by atoms with Gasteiger partial charge in [0.1, 0.15) is 11.2 Å². The molecule has 9 heteroatoms. The zero-order valence-corrected chi connectivity index (χ0v) is 13.9. The molecule has 3 N–H and O–H groups in total. The maximum absolute atomic E-state index is 14.9. The molecule has 0 amide bonds. The van der Waals surface area contributed by atoms with Crippen LogP contribution < -0.4 is 32.0 Å². The summed E-state index contributed by atoms with van der Waals surface area (Å²) in [4.78, 5) is 26.9. The summed E-state index contributed by atoms with van der Waals surface area (Å²) in [5.41, 5.74) is -0.274. The number of nitrogens with one attached hydrogen (secondary N) is 1. The third-order valence-electron chi connectivity index (χ3n) is 4.88. The number of pyridine rings is 1. The van der Waals surface area contributed by atoms with E-state index in [9.17, 15) is 14.0 Å². The van der Waals surface area contributed by atoms with E-state index in [4.69, 9.17) is 10.6 Å². The zero-order valence-electron chi connectivity index (χ0n) is 13.9. The van der Waals surface area contributed by atoms with Gasteiger partial charge in [-0.15, -0.1) is 0 Å². The van der Waals surface area contributed by atoms with Crippen LogP contribution in [0.5, 0.6) is 5.75 Å². The van der Waals surface area contributed by atoms with E-state index >= 15 is 0 Å². The van der Waals surface area contributed by atoms with E-state index in [1.54, 1.807) is 0 Å². The predicted octanol–water partition coefficient (Wildman–Crippen LogP) is -0.390. The second kappa shape index (κ2) is 5.76. The number of piperazine rings is 1. The second-order valence-electron chi connectivity index (χ2n) is 6.46. The minimum absolute atomic E-state index is 0.0214. The Hall–Kier alpha value is -2.55. The van der Waals surface area contributed by atoms with Gasteiger partial charge in [-0.2, -0.15) is 4.68 Å². The Morgan fingerprint density at radius 2 is 1.96 bits per heavy atom. The molecule has 1 aliphatic carbocycles. The molecule has 0 atom stereocenters. The molecule has 4 rings (SSSR count). The molecule has 134 valence electrons. The van der Waals surface area contributed by atoms with Gasteiger partial charge >= 0.3 is 5.69 Å². The Kier molecular flexibility index (Phi) is 3.68. The summed E-state index contributed by atoms with van der Waals surface area (Å²) >= 11 is 0. The summed E-state index contributed by atoms with van der Waals surface area (Å²) in [6.07, 6.45) is 2.78. The highest BCUT2D eigenvalue weighted by molar-refractivity contribution is 5.78. The van der Waals surface area contributed by atoms with Crippen molar-refractivity contribution in [1.29, 1.82) is 0 Å². The van der Waals surface area contributed by atoms with Crippen molar-refractivity contribution in [1.82, 2.24) is 14.4 Å². The molecule has 0 aromatic carbocycles. The van der Waals surface area contributed by atoms with Crippen LogP contribution in [0.15, 0.2) is 15.8 Å². The lowest BCUT2D eigenvalue weighted by atomic mass is 10.1. The lowest BCUT2D eigenvalue weighted by Crippen LogP contribution is -2.46. The van der Waals surface area contributed by atoms with Crippen LogP contribution in [0.1, 0.15) is 24.3 Å². The predicted molar refractivity (Wildman–Crippen MR) is 91.6 cm³/mol. The fourth-order valence-corrected chi connectivity index (χ4v) is 3.52. The second-order valence-corrected chi connectivity index (χ2v) is 6.46. The van der Waals surface area contributed by atoms with E-state index in [0.717, 1.165) is 36.5 Å². The molecule has 0 bridgehead atoms. The molecule has 1 saturated carbocycles. The molecule has 2 aromatic rings. The fourth-order valence-electron chi connectivity index (χ4n) is 3.52. The lowest BCUT2D eigenvalue weighted by Gasteiger charge is -2.31. The molecule has 2 fully saturated rings. The number of aromatic nitrogens is 2. The van der Waals surface area contributed by atoms with Gasteiger partial charge in [0, 0.05) is 26.2 Å². The summed E-state index contributed by atoms with van der Waals surface area (Å²) in [5.74, 6) is 5.29. The summed E-state index contributed by atoms with van der Waals surface area (Å²) in [6, 6.07) is 0. The smallest absolute Gasteiger partial charge is 0.354 e. The summed E-state index contributed by atoms with van der Waals surface area (Å²) in [7, 11) is 1.43. The number of nitrogens with two attached hydrogens (primary N) is 1. The maximum Gasteiger partial charge on any atom is 0.354 e. The molecule has 0 spiro atoms. The lowest BCUT2D eigenvalue weighted by molar-refractivity contribution is 0.410. The molecule has 2 aromatic heterocycles. The van der Waals surface area contributed by atoms with Crippen molar-refractivity contribution in [3.05, 3.63) is 38.4 Å². The van der Waals surface area contributed by atoms with Crippen LogP contribution in [0.25, 0.3) is 5.52 Å². The van der Waals surface area contributed by atoms with Crippen LogP contribution in [0.2, 0.25) is 0 Å². The Bertz CT molecular complexity index is 957. The summed E-state index contributed by atoms with van der Waals surface area (Å²) in [5, 5.41) is 3.21. The summed E-state index contributed by atoms with van der Waals surface area (Å²) in [6.45, 7) is 2.67. The standard InChI is InChI=1S/C16H20FN5O3/c1-25-14-12(20-6-4-19-5-7-20)10(17)8-21-13(14)11(9-2-3-9)15(23)22(18)16(21)24/h8-9,19H,2-7,18H2,1H3. The van der Waals surface area contributed by atoms with Crippen LogP contribution >= 0.6 is 0 Å². The largest absolute Gasteiger partial charge is 0.492 e. The highest BCUT2D eigenvalue weighted by atomic mass is 19.1. The van der Waals surface area contributed by atoms with Crippen LogP contribution in [0.4, 0.5) is 10.1 Å². The van der Waals surface area contributed by atoms with Crippen LogP contribution in [-0.2, 0) is 0 Å². The zero-order chi connectivity index (χ0) is 17.7. The van der Waals surface area contributed by atoms with Crippen molar-refractivity contribution in [3.63, 3.8) is 0 Å². The van der Waals surface area contributed by atoms with E-state index in [0.29, 0.717) is 34.5 Å². The molecule has 3 heterocycles. The third kappa shape index (κ3) is 2.38. The Balaban J connectivity index is 2.10. The van der Waals surface area contributed by atoms with Gasteiger partial charge < -0.3 is 20.8 Å². The number of methoxy groups -OCH3 is 1. The molecule has 1 aliphatic heterocycles. The van der Waals surface area contributed by atoms with Gasteiger partial charge in [0.15, 0.2) is 11.6 Å². The van der Waals surface area contributed by atoms with Crippen molar-refractivity contribution < 1.29 is 9.13 Å². The average Bonchev–Trinajstić information content (AvgIpc) is 3.45. The van der Waals surface area contributed by atoms with Gasteiger partial charge in [-0.1, -0.05) is 0 Å². The number of nitrogen functional groups attached to an aromatic ring is 1. The van der Waals surface area contributed by atoms with Gasteiger partial charge in [-0.05, 0) is 18.8 Å². The third-order valence-corrected chi connectivity index (χ3v) is 4.88. The van der Waals surface area contributed by atoms with Crippen molar-refractivity contribution in [2.24, 2.45) is 0 Å². The highest BCUT2D eigenvalue weighted by Gasteiger charge is 2.34. The van der Waals surface area contributed by atoms with E-state index < -0.39 is 17.1 Å². The first kappa shape index (κ1) is 15.9. The molecule has 0 unspecified atom stereocenters. The first-order chi connectivity index (χ1) is 12.0. The summed E-state index contributed by atoms with van der Waals surface area (Å²) < 4.78 is 22.0. The molecule has 0 radical (unpaired) electrons. The van der Waals surface area contributed by atoms with E-state index in [1.165, 1.54) is 7.11 Å². The van der Waals surface area contributed by atoms with Crippen LogP contribution in [0, 0.1) is 5.82 Å². The van der Waals surface area contributed by atoms with Crippen LogP contribution in [-0.4, -0.2) is 42.4 Å². The molecular formula is C16H20FN5O3. The van der Waals surface area contributed by atoms with Crippen LogP contribution in [0.3, 0.4) is 0 Å².